The molecule has 0 aliphatic heterocycles. The Kier molecular flexibility index (Phi) is 65.3. The Morgan fingerprint density at radius 3 is 0.756 bits per heavy atom. The second-order valence-corrected chi connectivity index (χ2v) is 22.3. The number of ether oxygens (including phenoxy) is 3. The summed E-state index contributed by atoms with van der Waals surface area (Å²) in [5.74, 6) is -0.924. The fourth-order valence-corrected chi connectivity index (χ4v) is 9.25. The number of allylic oxidation sites excluding steroid dienone is 22. The Labute approximate surface area is 506 Å². The highest BCUT2D eigenvalue weighted by molar-refractivity contribution is 5.71. The lowest BCUT2D eigenvalue weighted by Crippen LogP contribution is -2.30. The van der Waals surface area contributed by atoms with Crippen LogP contribution in [0.15, 0.2) is 134 Å². The summed E-state index contributed by atoms with van der Waals surface area (Å²) in [5.41, 5.74) is 0. The zero-order valence-corrected chi connectivity index (χ0v) is 53.5. The molecule has 0 aromatic heterocycles. The molecule has 0 heterocycles. The molecule has 0 amide bonds. The van der Waals surface area contributed by atoms with Crippen molar-refractivity contribution < 1.29 is 28.6 Å². The molecule has 1 unspecified atom stereocenters. The van der Waals surface area contributed by atoms with Gasteiger partial charge in [-0.25, -0.2) is 0 Å². The predicted molar refractivity (Wildman–Crippen MR) is 357 cm³/mol. The molecule has 0 aliphatic rings. The largest absolute Gasteiger partial charge is 0.462 e. The van der Waals surface area contributed by atoms with E-state index in [9.17, 15) is 14.4 Å². The van der Waals surface area contributed by atoms with Gasteiger partial charge in [-0.3, -0.25) is 14.4 Å². The summed E-state index contributed by atoms with van der Waals surface area (Å²) < 4.78 is 16.9. The zero-order chi connectivity index (χ0) is 59.2. The van der Waals surface area contributed by atoms with Crippen LogP contribution in [0, 0.1) is 0 Å². The number of carbonyl (C=O) groups is 3. The van der Waals surface area contributed by atoms with Gasteiger partial charge in [0.25, 0.3) is 0 Å². The number of hydrogen-bond donors (Lipinski definition) is 0. The van der Waals surface area contributed by atoms with Crippen LogP contribution in [0.4, 0.5) is 0 Å². The van der Waals surface area contributed by atoms with Gasteiger partial charge in [0.15, 0.2) is 6.10 Å². The topological polar surface area (TPSA) is 78.9 Å². The lowest BCUT2D eigenvalue weighted by Gasteiger charge is -2.18. The van der Waals surface area contributed by atoms with Crippen molar-refractivity contribution in [2.24, 2.45) is 0 Å². The van der Waals surface area contributed by atoms with E-state index in [0.717, 1.165) is 154 Å². The maximum Gasteiger partial charge on any atom is 0.306 e. The quantitative estimate of drug-likeness (QED) is 0.0261. The van der Waals surface area contributed by atoms with E-state index in [2.05, 4.69) is 154 Å². The van der Waals surface area contributed by atoms with Crippen LogP contribution in [-0.2, 0) is 28.6 Å². The molecule has 0 aliphatic carbocycles. The molecule has 0 spiro atoms. The average molecular weight is 1140 g/mol. The van der Waals surface area contributed by atoms with Crippen molar-refractivity contribution in [2.75, 3.05) is 13.2 Å². The van der Waals surface area contributed by atoms with Gasteiger partial charge in [-0.05, 0) is 141 Å². The Bertz CT molecular complexity index is 1730. The van der Waals surface area contributed by atoms with Crippen LogP contribution < -0.4 is 0 Å². The molecule has 1 atom stereocenters. The highest BCUT2D eigenvalue weighted by Gasteiger charge is 2.19. The maximum absolute atomic E-state index is 12.9. The lowest BCUT2D eigenvalue weighted by molar-refractivity contribution is -0.167. The fraction of sp³-hybridized carbons (Fsp3) is 0.671. The molecular formula is C76H126O6. The van der Waals surface area contributed by atoms with E-state index in [-0.39, 0.29) is 31.1 Å². The molecule has 0 rings (SSSR count). The first kappa shape index (κ1) is 77.5. The molecular weight excluding hydrogens is 1010 g/mol. The molecule has 0 saturated heterocycles. The van der Waals surface area contributed by atoms with Crippen molar-refractivity contribution in [3.63, 3.8) is 0 Å². The highest BCUT2D eigenvalue weighted by Crippen LogP contribution is 2.15. The summed E-state index contributed by atoms with van der Waals surface area (Å²) in [4.78, 5) is 38.4. The van der Waals surface area contributed by atoms with Gasteiger partial charge in [-0.2, -0.15) is 0 Å². The van der Waals surface area contributed by atoms with Crippen LogP contribution in [0.25, 0.3) is 0 Å². The molecule has 0 aromatic carbocycles. The number of rotatable bonds is 61. The third-order valence-corrected chi connectivity index (χ3v) is 14.4. The third kappa shape index (κ3) is 66.4. The van der Waals surface area contributed by atoms with E-state index in [1.807, 2.05) is 0 Å². The Morgan fingerprint density at radius 1 is 0.256 bits per heavy atom. The van der Waals surface area contributed by atoms with Crippen molar-refractivity contribution in [3.05, 3.63) is 134 Å². The number of hydrogen-bond acceptors (Lipinski definition) is 6. The van der Waals surface area contributed by atoms with E-state index in [1.165, 1.54) is 116 Å². The van der Waals surface area contributed by atoms with Gasteiger partial charge in [0.2, 0.25) is 0 Å². The Morgan fingerprint density at radius 2 is 0.476 bits per heavy atom. The normalized spacial score (nSPS) is 13.0. The van der Waals surface area contributed by atoms with Crippen LogP contribution in [0.2, 0.25) is 0 Å². The minimum absolute atomic E-state index is 0.0935. The molecule has 0 radical (unpaired) electrons. The summed E-state index contributed by atoms with van der Waals surface area (Å²) in [6.45, 7) is 6.50. The minimum Gasteiger partial charge on any atom is -0.462 e. The molecule has 0 bridgehead atoms. The zero-order valence-electron chi connectivity index (χ0n) is 53.5. The van der Waals surface area contributed by atoms with Crippen molar-refractivity contribution in [3.8, 4) is 0 Å². The van der Waals surface area contributed by atoms with Gasteiger partial charge in [-0.1, -0.05) is 283 Å². The minimum atomic E-state index is -0.799. The van der Waals surface area contributed by atoms with E-state index in [4.69, 9.17) is 14.2 Å². The summed E-state index contributed by atoms with van der Waals surface area (Å²) >= 11 is 0. The fourth-order valence-electron chi connectivity index (χ4n) is 9.25. The first-order valence-corrected chi connectivity index (χ1v) is 34.2. The Hall–Kier alpha value is -4.45. The molecule has 0 aromatic rings. The van der Waals surface area contributed by atoms with Gasteiger partial charge in [-0.15, -0.1) is 0 Å². The van der Waals surface area contributed by atoms with E-state index < -0.39 is 6.10 Å². The van der Waals surface area contributed by atoms with Crippen LogP contribution in [0.1, 0.15) is 310 Å². The molecule has 0 N–H and O–H groups in total. The maximum atomic E-state index is 12.9. The van der Waals surface area contributed by atoms with Gasteiger partial charge in [0, 0.05) is 19.3 Å². The van der Waals surface area contributed by atoms with Crippen LogP contribution >= 0.6 is 0 Å². The molecule has 6 nitrogen and oxygen atoms in total. The van der Waals surface area contributed by atoms with Gasteiger partial charge in [0.05, 0.1) is 0 Å². The van der Waals surface area contributed by atoms with Crippen molar-refractivity contribution in [1.29, 1.82) is 0 Å². The SMILES string of the molecule is CC/C=C\C/C=C\C/C=C\C/C=C\C/C=C\C/C=C\C/C=C\C/C=C\C/C=C\CCCCCCCC(=O)OCC(COC(=O)CCCCCCC/C=C\CCCCCCCC)OC(=O)CCCCCCC/C=C\CCCCCCCCC. The van der Waals surface area contributed by atoms with Crippen molar-refractivity contribution >= 4 is 17.9 Å². The number of carbonyl (C=O) groups excluding carboxylic acids is 3. The van der Waals surface area contributed by atoms with Crippen LogP contribution in [-0.4, -0.2) is 37.2 Å². The smallest absolute Gasteiger partial charge is 0.306 e. The van der Waals surface area contributed by atoms with E-state index in [0.29, 0.717) is 19.3 Å². The van der Waals surface area contributed by atoms with Crippen LogP contribution in [0.3, 0.4) is 0 Å². The van der Waals surface area contributed by atoms with E-state index >= 15 is 0 Å². The summed E-state index contributed by atoms with van der Waals surface area (Å²) in [5, 5.41) is 0. The second-order valence-electron chi connectivity index (χ2n) is 22.3. The van der Waals surface area contributed by atoms with Gasteiger partial charge in [0.1, 0.15) is 13.2 Å². The highest BCUT2D eigenvalue weighted by atomic mass is 16.6. The first-order chi connectivity index (χ1) is 40.5. The average Bonchev–Trinajstić information content (AvgIpc) is 3.47. The molecule has 0 saturated carbocycles. The van der Waals surface area contributed by atoms with Gasteiger partial charge < -0.3 is 14.2 Å². The monoisotopic (exact) mass is 1130 g/mol. The van der Waals surface area contributed by atoms with E-state index in [1.54, 1.807) is 0 Å². The van der Waals surface area contributed by atoms with Gasteiger partial charge >= 0.3 is 17.9 Å². The summed E-state index contributed by atoms with van der Waals surface area (Å²) in [6.07, 6.45) is 97.5. The standard InChI is InChI=1S/C76H126O6/c1-4-7-10-13-16-19-22-25-28-30-31-32-33-34-35-36-37-38-39-40-41-42-43-44-45-46-49-51-54-57-60-63-66-69-75(78)81-72-73(71-80-74(77)68-65-62-59-56-53-50-47-27-24-21-18-15-12-9-6-3)82-76(79)70-67-64-61-58-55-52-48-29-26-23-20-17-14-11-8-5-2/h7,10,16,19,25,27-29,31-32,34-35,37-38,40-41,43-44,46-49,73H,4-6,8-9,11-15,17-18,20-24,26,30,33,36,39,42,45,50-72H2,1-3H3/b10-7-,19-16-,28-25-,32-31-,35-34-,38-37-,41-40-,44-43-,47-27-,48-29-,49-46-. The third-order valence-electron chi connectivity index (χ3n) is 14.4. The summed E-state index contributed by atoms with van der Waals surface area (Å²) in [6, 6.07) is 0. The molecule has 0 fully saturated rings. The van der Waals surface area contributed by atoms with Crippen molar-refractivity contribution in [1.82, 2.24) is 0 Å². The number of esters is 3. The second kappa shape index (κ2) is 69.0. The first-order valence-electron chi connectivity index (χ1n) is 34.2. The predicted octanol–water partition coefficient (Wildman–Crippen LogP) is 23.7. The van der Waals surface area contributed by atoms with Crippen LogP contribution in [0.5, 0.6) is 0 Å². The molecule has 466 valence electrons. The number of unbranched alkanes of at least 4 members (excludes halogenated alkanes) is 28. The molecule has 82 heavy (non-hydrogen) atoms. The van der Waals surface area contributed by atoms with Crippen molar-refractivity contribution in [2.45, 2.75) is 316 Å². The molecule has 6 heteroatoms. The Balaban J connectivity index is 4.36. The summed E-state index contributed by atoms with van der Waals surface area (Å²) in [7, 11) is 0. The lowest BCUT2D eigenvalue weighted by atomic mass is 10.1.